The quantitative estimate of drug-likeness (QED) is 0.760. The van der Waals surface area contributed by atoms with Crippen LogP contribution in [0.15, 0.2) is 48.5 Å². The maximum atomic E-state index is 5.93. The maximum Gasteiger partial charge on any atom is 0.119 e. The molecule has 106 valence electrons. The van der Waals surface area contributed by atoms with E-state index < -0.39 is 0 Å². The number of halogens is 1. The summed E-state index contributed by atoms with van der Waals surface area (Å²) in [6, 6.07) is 16.2. The molecule has 0 unspecified atom stereocenters. The highest BCUT2D eigenvalue weighted by Crippen LogP contribution is 2.22. The van der Waals surface area contributed by atoms with Crippen molar-refractivity contribution in [2.24, 2.45) is 0 Å². The summed E-state index contributed by atoms with van der Waals surface area (Å²) in [5.41, 5.74) is 2.47. The van der Waals surface area contributed by atoms with Gasteiger partial charge in [-0.05, 0) is 48.4 Å². The smallest absolute Gasteiger partial charge is 0.119 e. The highest BCUT2D eigenvalue weighted by Gasteiger charge is 2.07. The number of methoxy groups -OCH3 is 1. The summed E-state index contributed by atoms with van der Waals surface area (Å²) in [4.78, 5) is 2.36. The fourth-order valence-corrected chi connectivity index (χ4v) is 2.30. The molecule has 20 heavy (non-hydrogen) atoms. The van der Waals surface area contributed by atoms with E-state index in [0.29, 0.717) is 0 Å². The lowest BCUT2D eigenvalue weighted by Crippen LogP contribution is -2.23. The van der Waals surface area contributed by atoms with Gasteiger partial charge >= 0.3 is 0 Å². The van der Waals surface area contributed by atoms with Crippen molar-refractivity contribution >= 4 is 17.3 Å². The third-order valence-corrected chi connectivity index (χ3v) is 3.47. The summed E-state index contributed by atoms with van der Waals surface area (Å²) in [7, 11) is 1.69. The lowest BCUT2D eigenvalue weighted by molar-refractivity contribution is 0.415. The minimum absolute atomic E-state index is 0.778. The minimum Gasteiger partial charge on any atom is -0.497 e. The van der Waals surface area contributed by atoms with Crippen LogP contribution in [0.4, 0.5) is 5.69 Å². The minimum atomic E-state index is 0.778. The van der Waals surface area contributed by atoms with Crippen molar-refractivity contribution in [3.8, 4) is 5.75 Å². The van der Waals surface area contributed by atoms with E-state index in [1.807, 2.05) is 24.3 Å². The van der Waals surface area contributed by atoms with Gasteiger partial charge in [0, 0.05) is 23.8 Å². The predicted molar refractivity (Wildman–Crippen MR) is 85.8 cm³/mol. The average Bonchev–Trinajstić information content (AvgIpc) is 2.49. The van der Waals surface area contributed by atoms with Gasteiger partial charge in [0.2, 0.25) is 0 Å². The van der Waals surface area contributed by atoms with E-state index in [1.165, 1.54) is 11.3 Å². The van der Waals surface area contributed by atoms with Crippen LogP contribution in [0.2, 0.25) is 5.02 Å². The summed E-state index contributed by atoms with van der Waals surface area (Å²) in [6.07, 6.45) is 1.11. The standard InChI is InChI=1S/C17H20ClNO/c1-3-12-19(13-14-4-6-15(18)7-5-14)16-8-10-17(20-2)11-9-16/h4-11H,3,12-13H2,1-2H3. The van der Waals surface area contributed by atoms with E-state index in [9.17, 15) is 0 Å². The molecule has 3 heteroatoms. The van der Waals surface area contributed by atoms with Gasteiger partial charge in [-0.15, -0.1) is 0 Å². The van der Waals surface area contributed by atoms with Crippen molar-refractivity contribution in [2.75, 3.05) is 18.6 Å². The van der Waals surface area contributed by atoms with Crippen LogP contribution in [0.25, 0.3) is 0 Å². The third-order valence-electron chi connectivity index (χ3n) is 3.22. The molecule has 0 aliphatic carbocycles. The fourth-order valence-electron chi connectivity index (χ4n) is 2.17. The van der Waals surface area contributed by atoms with Crippen LogP contribution in [0.3, 0.4) is 0 Å². The van der Waals surface area contributed by atoms with Gasteiger partial charge in [0.1, 0.15) is 5.75 Å². The Kier molecular flexibility index (Phi) is 5.31. The Morgan fingerprint density at radius 1 is 1.00 bits per heavy atom. The van der Waals surface area contributed by atoms with Crippen molar-refractivity contribution in [2.45, 2.75) is 19.9 Å². The Labute approximate surface area is 125 Å². The van der Waals surface area contributed by atoms with Crippen LogP contribution >= 0.6 is 11.6 Å². The van der Waals surface area contributed by atoms with Gasteiger partial charge in [-0.25, -0.2) is 0 Å². The molecule has 0 aliphatic rings. The van der Waals surface area contributed by atoms with E-state index in [4.69, 9.17) is 16.3 Å². The second-order valence-corrected chi connectivity index (χ2v) is 5.18. The highest BCUT2D eigenvalue weighted by atomic mass is 35.5. The SMILES string of the molecule is CCCN(Cc1ccc(Cl)cc1)c1ccc(OC)cc1. The zero-order chi connectivity index (χ0) is 14.4. The molecule has 0 atom stereocenters. The molecule has 0 amide bonds. The van der Waals surface area contributed by atoms with E-state index >= 15 is 0 Å². The van der Waals surface area contributed by atoms with Gasteiger partial charge in [0.15, 0.2) is 0 Å². The van der Waals surface area contributed by atoms with E-state index in [1.54, 1.807) is 7.11 Å². The van der Waals surface area contributed by atoms with Crippen LogP contribution in [0.5, 0.6) is 5.75 Å². The molecular weight excluding hydrogens is 270 g/mol. The van der Waals surface area contributed by atoms with Crippen LogP contribution in [-0.4, -0.2) is 13.7 Å². The molecule has 0 aromatic heterocycles. The zero-order valence-corrected chi connectivity index (χ0v) is 12.7. The van der Waals surface area contributed by atoms with Gasteiger partial charge in [0.25, 0.3) is 0 Å². The first-order chi connectivity index (χ1) is 9.72. The molecule has 0 spiro atoms. The third kappa shape index (κ3) is 3.91. The summed E-state index contributed by atoms with van der Waals surface area (Å²) >= 11 is 5.93. The topological polar surface area (TPSA) is 12.5 Å². The Morgan fingerprint density at radius 3 is 2.20 bits per heavy atom. The number of rotatable bonds is 6. The Hall–Kier alpha value is -1.67. The van der Waals surface area contributed by atoms with Gasteiger partial charge in [-0.2, -0.15) is 0 Å². The summed E-state index contributed by atoms with van der Waals surface area (Å²) in [5, 5.41) is 0.778. The summed E-state index contributed by atoms with van der Waals surface area (Å²) < 4.78 is 5.21. The van der Waals surface area contributed by atoms with Crippen LogP contribution in [0, 0.1) is 0 Å². The van der Waals surface area contributed by atoms with E-state index in [0.717, 1.165) is 30.3 Å². The molecule has 0 fully saturated rings. The molecule has 2 nitrogen and oxygen atoms in total. The molecule has 0 radical (unpaired) electrons. The monoisotopic (exact) mass is 289 g/mol. The van der Waals surface area contributed by atoms with E-state index in [2.05, 4.69) is 36.1 Å². The fraction of sp³-hybridized carbons (Fsp3) is 0.294. The molecule has 0 saturated heterocycles. The number of hydrogen-bond acceptors (Lipinski definition) is 2. The second kappa shape index (κ2) is 7.20. The summed E-state index contributed by atoms with van der Waals surface area (Å²) in [6.45, 7) is 4.10. The molecule has 0 saturated carbocycles. The molecule has 0 aliphatic heterocycles. The molecule has 0 heterocycles. The normalized spacial score (nSPS) is 10.3. The van der Waals surface area contributed by atoms with Crippen LogP contribution in [-0.2, 0) is 6.54 Å². The number of hydrogen-bond donors (Lipinski definition) is 0. The maximum absolute atomic E-state index is 5.93. The lowest BCUT2D eigenvalue weighted by Gasteiger charge is -2.24. The van der Waals surface area contributed by atoms with Gasteiger partial charge in [-0.3, -0.25) is 0 Å². The summed E-state index contributed by atoms with van der Waals surface area (Å²) in [5.74, 6) is 0.886. The lowest BCUT2D eigenvalue weighted by atomic mass is 10.2. The largest absolute Gasteiger partial charge is 0.497 e. The molecule has 2 rings (SSSR count). The molecule has 2 aromatic carbocycles. The number of anilines is 1. The van der Waals surface area contributed by atoms with Gasteiger partial charge in [0.05, 0.1) is 7.11 Å². The van der Waals surface area contributed by atoms with Crippen molar-refractivity contribution in [1.29, 1.82) is 0 Å². The van der Waals surface area contributed by atoms with Gasteiger partial charge < -0.3 is 9.64 Å². The van der Waals surface area contributed by atoms with Crippen LogP contribution < -0.4 is 9.64 Å². The molecule has 0 bridgehead atoms. The van der Waals surface area contributed by atoms with Gasteiger partial charge in [-0.1, -0.05) is 30.7 Å². The number of nitrogens with zero attached hydrogens (tertiary/aromatic N) is 1. The first kappa shape index (κ1) is 14.7. The Morgan fingerprint density at radius 2 is 1.65 bits per heavy atom. The Bertz CT molecular complexity index is 522. The highest BCUT2D eigenvalue weighted by molar-refractivity contribution is 6.30. The first-order valence-corrected chi connectivity index (χ1v) is 7.24. The predicted octanol–water partition coefficient (Wildman–Crippen LogP) is 4.77. The number of benzene rings is 2. The van der Waals surface area contributed by atoms with Crippen molar-refractivity contribution in [1.82, 2.24) is 0 Å². The molecular formula is C17H20ClNO. The Balaban J connectivity index is 2.14. The molecule has 2 aromatic rings. The van der Waals surface area contributed by atoms with Crippen molar-refractivity contribution in [3.05, 3.63) is 59.1 Å². The second-order valence-electron chi connectivity index (χ2n) is 4.75. The van der Waals surface area contributed by atoms with Crippen molar-refractivity contribution < 1.29 is 4.74 Å². The van der Waals surface area contributed by atoms with Crippen LogP contribution in [0.1, 0.15) is 18.9 Å². The number of ether oxygens (including phenoxy) is 1. The van der Waals surface area contributed by atoms with E-state index in [-0.39, 0.29) is 0 Å². The molecule has 0 N–H and O–H groups in total. The average molecular weight is 290 g/mol. The first-order valence-electron chi connectivity index (χ1n) is 6.86. The van der Waals surface area contributed by atoms with Crippen molar-refractivity contribution in [3.63, 3.8) is 0 Å². The zero-order valence-electron chi connectivity index (χ0n) is 12.0.